The van der Waals surface area contributed by atoms with E-state index in [1.807, 2.05) is 24.3 Å². The van der Waals surface area contributed by atoms with Crippen LogP contribution in [0.3, 0.4) is 0 Å². The van der Waals surface area contributed by atoms with Gasteiger partial charge >= 0.3 is 0 Å². The lowest BCUT2D eigenvalue weighted by atomic mass is 9.49. The normalized spacial score (nSPS) is 32.9. The number of halogens is 1. The number of hydrogen-bond acceptors (Lipinski definition) is 5. The van der Waals surface area contributed by atoms with Gasteiger partial charge in [0.1, 0.15) is 0 Å². The van der Waals surface area contributed by atoms with Crippen LogP contribution in [0.1, 0.15) is 44.4 Å². The van der Waals surface area contributed by atoms with Gasteiger partial charge < -0.3 is 9.73 Å². The quantitative estimate of drug-likeness (QED) is 0.563. The summed E-state index contributed by atoms with van der Waals surface area (Å²) in [5, 5.41) is 13.5. The number of hydrogen-bond donors (Lipinski definition) is 1. The molecule has 0 unspecified atom stereocenters. The Morgan fingerprint density at radius 1 is 1.08 bits per heavy atom. The third kappa shape index (κ3) is 2.95. The van der Waals surface area contributed by atoms with E-state index >= 15 is 0 Å². The van der Waals surface area contributed by atoms with Gasteiger partial charge in [-0.1, -0.05) is 23.7 Å². The van der Waals surface area contributed by atoms with Crippen LogP contribution in [0.25, 0.3) is 0 Å². The van der Waals surface area contributed by atoms with E-state index in [2.05, 4.69) is 15.5 Å². The summed E-state index contributed by atoms with van der Waals surface area (Å²) in [5.74, 6) is 4.21. The van der Waals surface area contributed by atoms with E-state index in [4.69, 9.17) is 16.0 Å². The summed E-state index contributed by atoms with van der Waals surface area (Å²) < 4.78 is 6.10. The minimum absolute atomic E-state index is 0.177. The van der Waals surface area contributed by atoms with Crippen molar-refractivity contribution in [1.29, 1.82) is 0 Å². The van der Waals surface area contributed by atoms with Crippen molar-refractivity contribution in [2.75, 3.05) is 11.2 Å². The fraction of sp³-hybridized carbons (Fsp3) is 0.579. The molecule has 6 rings (SSSR count). The third-order valence-electron chi connectivity index (χ3n) is 6.23. The number of nitrogens with one attached hydrogen (secondary N) is 1. The van der Waals surface area contributed by atoms with Crippen LogP contribution >= 0.6 is 23.4 Å². The lowest BCUT2D eigenvalue weighted by Gasteiger charge is -2.55. The molecule has 25 heavy (non-hydrogen) atoms. The van der Waals surface area contributed by atoms with Crippen molar-refractivity contribution in [2.45, 2.75) is 49.2 Å². The Balaban J connectivity index is 1.26. The molecular formula is C19H22ClN3OS. The molecule has 4 aliphatic carbocycles. The number of rotatable bonds is 5. The van der Waals surface area contributed by atoms with Crippen LogP contribution in [0.5, 0.6) is 0 Å². The van der Waals surface area contributed by atoms with Crippen molar-refractivity contribution in [2.24, 2.45) is 17.8 Å². The summed E-state index contributed by atoms with van der Waals surface area (Å²) in [7, 11) is 0. The highest BCUT2D eigenvalue weighted by Crippen LogP contribution is 2.60. The first kappa shape index (κ1) is 16.0. The molecule has 1 aromatic heterocycles. The molecule has 4 nitrogen and oxygen atoms in total. The monoisotopic (exact) mass is 375 g/mol. The van der Waals surface area contributed by atoms with Crippen molar-refractivity contribution in [1.82, 2.24) is 10.2 Å². The molecule has 0 spiro atoms. The minimum atomic E-state index is 0.177. The van der Waals surface area contributed by atoms with Crippen LogP contribution in [0.15, 0.2) is 33.9 Å². The average Bonchev–Trinajstić information content (AvgIpc) is 3.05. The molecule has 6 heteroatoms. The van der Waals surface area contributed by atoms with Gasteiger partial charge in [0.05, 0.1) is 16.6 Å². The highest BCUT2D eigenvalue weighted by atomic mass is 35.5. The zero-order valence-electron chi connectivity index (χ0n) is 14.1. The van der Waals surface area contributed by atoms with E-state index in [1.165, 1.54) is 50.3 Å². The third-order valence-corrected chi connectivity index (χ3v) is 7.26. The molecule has 4 aliphatic rings. The van der Waals surface area contributed by atoms with Crippen molar-refractivity contribution >= 4 is 29.1 Å². The molecule has 0 atom stereocenters. The second-order valence-corrected chi connectivity index (χ2v) is 9.35. The van der Waals surface area contributed by atoms with Crippen LogP contribution < -0.4 is 5.32 Å². The highest BCUT2D eigenvalue weighted by Gasteiger charge is 2.54. The minimum Gasteiger partial charge on any atom is -0.415 e. The second kappa shape index (κ2) is 6.20. The van der Waals surface area contributed by atoms with E-state index in [0.717, 1.165) is 34.4 Å². The van der Waals surface area contributed by atoms with Crippen molar-refractivity contribution in [3.05, 3.63) is 35.2 Å². The van der Waals surface area contributed by atoms with Crippen molar-refractivity contribution < 1.29 is 4.42 Å². The summed E-state index contributed by atoms with van der Waals surface area (Å²) in [5.41, 5.74) is 1.11. The maximum absolute atomic E-state index is 6.16. The molecule has 0 radical (unpaired) electrons. The van der Waals surface area contributed by atoms with Gasteiger partial charge in [-0.2, -0.15) is 0 Å². The largest absolute Gasteiger partial charge is 0.415 e. The van der Waals surface area contributed by atoms with Gasteiger partial charge in [0.2, 0.25) is 5.89 Å². The summed E-state index contributed by atoms with van der Waals surface area (Å²) >= 11 is 7.70. The second-order valence-electron chi connectivity index (χ2n) is 8.02. The molecule has 0 amide bonds. The van der Waals surface area contributed by atoms with Crippen LogP contribution in [0.4, 0.5) is 5.69 Å². The number of anilines is 1. The first-order valence-electron chi connectivity index (χ1n) is 9.15. The number of aromatic nitrogens is 2. The molecule has 4 bridgehead atoms. The summed E-state index contributed by atoms with van der Waals surface area (Å²) in [6.07, 6.45) is 8.04. The molecule has 1 aromatic carbocycles. The molecule has 4 saturated carbocycles. The fourth-order valence-electron chi connectivity index (χ4n) is 5.64. The van der Waals surface area contributed by atoms with Gasteiger partial charge in [0.25, 0.3) is 5.22 Å². The summed E-state index contributed by atoms with van der Waals surface area (Å²) in [6, 6.07) is 7.75. The zero-order valence-corrected chi connectivity index (χ0v) is 15.7. The molecule has 2 aromatic rings. The highest BCUT2D eigenvalue weighted by molar-refractivity contribution is 7.99. The van der Waals surface area contributed by atoms with E-state index in [1.54, 1.807) is 0 Å². The SMILES string of the molecule is Clc1ccccc1NCSc1nnc(C23CC4CC(CC(C4)C2)C3)o1. The van der Waals surface area contributed by atoms with Gasteiger partial charge in [-0.15, -0.1) is 10.2 Å². The van der Waals surface area contributed by atoms with Crippen LogP contribution in [0, 0.1) is 17.8 Å². The molecule has 4 fully saturated rings. The van der Waals surface area contributed by atoms with E-state index in [-0.39, 0.29) is 5.41 Å². The molecular weight excluding hydrogens is 354 g/mol. The number of para-hydroxylation sites is 1. The Bertz CT molecular complexity index is 742. The van der Waals surface area contributed by atoms with E-state index < -0.39 is 0 Å². The van der Waals surface area contributed by atoms with Gasteiger partial charge in [-0.25, -0.2) is 0 Å². The first-order chi connectivity index (χ1) is 12.2. The Kier molecular flexibility index (Phi) is 3.97. The topological polar surface area (TPSA) is 51.0 Å². The van der Waals surface area contributed by atoms with Crippen molar-refractivity contribution in [3.63, 3.8) is 0 Å². The number of nitrogens with zero attached hydrogens (tertiary/aromatic N) is 2. The first-order valence-corrected chi connectivity index (χ1v) is 10.5. The predicted molar refractivity (Wildman–Crippen MR) is 99.9 cm³/mol. The molecule has 0 saturated heterocycles. The average molecular weight is 376 g/mol. The molecule has 0 aliphatic heterocycles. The summed E-state index contributed by atoms with van der Waals surface area (Å²) in [4.78, 5) is 0. The Hall–Kier alpha value is -1.20. The standard InChI is InChI=1S/C19H22ClN3OS/c20-15-3-1-2-4-16(15)21-11-25-18-23-22-17(24-18)19-8-12-5-13(9-19)7-14(6-12)10-19/h1-4,12-14,21H,5-11H2. The fourth-order valence-corrected chi connectivity index (χ4v) is 6.43. The Morgan fingerprint density at radius 3 is 2.44 bits per heavy atom. The molecule has 1 N–H and O–H groups in total. The van der Waals surface area contributed by atoms with E-state index in [9.17, 15) is 0 Å². The van der Waals surface area contributed by atoms with Gasteiger partial charge in [0, 0.05) is 5.41 Å². The number of thioether (sulfide) groups is 1. The molecule has 132 valence electrons. The van der Waals surface area contributed by atoms with Gasteiger partial charge in [-0.3, -0.25) is 0 Å². The summed E-state index contributed by atoms with van der Waals surface area (Å²) in [6.45, 7) is 0. The molecule has 1 heterocycles. The van der Waals surface area contributed by atoms with E-state index in [0.29, 0.717) is 11.1 Å². The lowest BCUT2D eigenvalue weighted by Crippen LogP contribution is -2.48. The number of benzene rings is 1. The lowest BCUT2D eigenvalue weighted by molar-refractivity contribution is -0.0191. The maximum atomic E-state index is 6.16. The van der Waals surface area contributed by atoms with Crippen LogP contribution in [-0.2, 0) is 5.41 Å². The maximum Gasteiger partial charge on any atom is 0.278 e. The van der Waals surface area contributed by atoms with Crippen molar-refractivity contribution in [3.8, 4) is 0 Å². The van der Waals surface area contributed by atoms with Gasteiger partial charge in [-0.05, 0) is 80.2 Å². The van der Waals surface area contributed by atoms with Crippen LogP contribution in [0.2, 0.25) is 5.02 Å². The Labute approximate surface area is 157 Å². The zero-order chi connectivity index (χ0) is 16.9. The van der Waals surface area contributed by atoms with Crippen LogP contribution in [-0.4, -0.2) is 16.1 Å². The Morgan fingerprint density at radius 2 is 1.76 bits per heavy atom. The smallest absolute Gasteiger partial charge is 0.278 e. The predicted octanol–water partition coefficient (Wildman–Crippen LogP) is 5.35. The van der Waals surface area contributed by atoms with Gasteiger partial charge in [0.15, 0.2) is 0 Å².